The molecule has 1 aliphatic heterocycles. The molecule has 0 bridgehead atoms. The van der Waals surface area contributed by atoms with Crippen LogP contribution in [0.4, 0.5) is 10.1 Å². The third kappa shape index (κ3) is 5.48. The first-order valence-electron chi connectivity index (χ1n) is 10.5. The van der Waals surface area contributed by atoms with Crippen LogP contribution in [0.25, 0.3) is 0 Å². The van der Waals surface area contributed by atoms with Crippen LogP contribution in [0.2, 0.25) is 0 Å². The number of thiazole rings is 1. The van der Waals surface area contributed by atoms with E-state index < -0.39 is 0 Å². The van der Waals surface area contributed by atoms with Gasteiger partial charge in [-0.2, -0.15) is 0 Å². The van der Waals surface area contributed by atoms with Crippen molar-refractivity contribution in [1.29, 1.82) is 0 Å². The van der Waals surface area contributed by atoms with Crippen molar-refractivity contribution in [3.8, 4) is 0 Å². The van der Waals surface area contributed by atoms with Crippen molar-refractivity contribution in [2.75, 3.05) is 31.1 Å². The molecule has 2 aromatic carbocycles. The van der Waals surface area contributed by atoms with E-state index in [1.807, 2.05) is 0 Å². The molecule has 1 fully saturated rings. The number of rotatable bonds is 6. The first-order chi connectivity index (χ1) is 15.0. The summed E-state index contributed by atoms with van der Waals surface area (Å²) in [6.07, 6.45) is 0. The van der Waals surface area contributed by atoms with Gasteiger partial charge in [0.25, 0.3) is 5.91 Å². The van der Waals surface area contributed by atoms with Crippen molar-refractivity contribution in [2.45, 2.75) is 26.9 Å². The number of carbonyl (C=O) groups is 1. The predicted octanol–water partition coefficient (Wildman–Crippen LogP) is 4.15. The largest absolute Gasteiger partial charge is 0.369 e. The van der Waals surface area contributed by atoms with Gasteiger partial charge >= 0.3 is 0 Å². The van der Waals surface area contributed by atoms with E-state index in [4.69, 9.17) is 0 Å². The maximum absolute atomic E-state index is 13.0. The average molecular weight is 439 g/mol. The number of nitrogens with one attached hydrogen (secondary N) is 1. The lowest BCUT2D eigenvalue weighted by Crippen LogP contribution is -2.46. The normalized spacial score (nSPS) is 14.6. The fourth-order valence-corrected chi connectivity index (χ4v) is 4.46. The number of hydrogen-bond donors (Lipinski definition) is 1. The van der Waals surface area contributed by atoms with Gasteiger partial charge < -0.3 is 10.2 Å². The van der Waals surface area contributed by atoms with Crippen molar-refractivity contribution in [1.82, 2.24) is 15.2 Å². The monoisotopic (exact) mass is 438 g/mol. The Morgan fingerprint density at radius 1 is 1.06 bits per heavy atom. The number of amides is 1. The molecule has 1 saturated heterocycles. The summed E-state index contributed by atoms with van der Waals surface area (Å²) < 4.78 is 13.0. The molecule has 0 unspecified atom stereocenters. The highest BCUT2D eigenvalue weighted by molar-refractivity contribution is 7.09. The Bertz CT molecular complexity index is 1040. The summed E-state index contributed by atoms with van der Waals surface area (Å²) in [5.74, 6) is -0.486. The van der Waals surface area contributed by atoms with Crippen LogP contribution < -0.4 is 10.2 Å². The molecule has 4 rings (SSSR count). The molecule has 7 heteroatoms. The van der Waals surface area contributed by atoms with Crippen molar-refractivity contribution in [3.63, 3.8) is 0 Å². The van der Waals surface area contributed by atoms with E-state index in [2.05, 4.69) is 52.1 Å². The minimum atomic E-state index is -0.283. The standard InChI is InChI=1S/C24H27FN4OS/c1-17-3-8-21(13-18(17)2)29-11-9-28(10-12-29)15-23-27-22(16-31-23)24(30)26-14-19-4-6-20(25)7-5-19/h3-8,13,16H,9-12,14-15H2,1-2H3,(H,26,30). The van der Waals surface area contributed by atoms with E-state index in [-0.39, 0.29) is 11.7 Å². The summed E-state index contributed by atoms with van der Waals surface area (Å²) in [7, 11) is 0. The van der Waals surface area contributed by atoms with Gasteiger partial charge in [-0.25, -0.2) is 9.37 Å². The van der Waals surface area contributed by atoms with E-state index in [9.17, 15) is 9.18 Å². The molecular formula is C24H27FN4OS. The van der Waals surface area contributed by atoms with Crippen molar-refractivity contribution < 1.29 is 9.18 Å². The SMILES string of the molecule is Cc1ccc(N2CCN(Cc3nc(C(=O)NCc4ccc(F)cc4)cs3)CC2)cc1C. The van der Waals surface area contributed by atoms with Gasteiger partial charge in [-0.3, -0.25) is 9.69 Å². The number of nitrogens with zero attached hydrogens (tertiary/aromatic N) is 3. The molecule has 31 heavy (non-hydrogen) atoms. The fourth-order valence-electron chi connectivity index (χ4n) is 3.64. The van der Waals surface area contributed by atoms with E-state index in [0.717, 1.165) is 43.3 Å². The molecule has 5 nitrogen and oxygen atoms in total. The summed E-state index contributed by atoms with van der Waals surface area (Å²) >= 11 is 1.52. The van der Waals surface area contributed by atoms with Gasteiger partial charge in [0.2, 0.25) is 0 Å². The molecule has 2 heterocycles. The lowest BCUT2D eigenvalue weighted by molar-refractivity contribution is 0.0946. The highest BCUT2D eigenvalue weighted by Gasteiger charge is 2.19. The summed E-state index contributed by atoms with van der Waals surface area (Å²) in [4.78, 5) is 21.7. The van der Waals surface area contributed by atoms with Crippen LogP contribution in [0.3, 0.4) is 0 Å². The number of anilines is 1. The van der Waals surface area contributed by atoms with Gasteiger partial charge in [0.15, 0.2) is 0 Å². The second-order valence-electron chi connectivity index (χ2n) is 7.97. The molecule has 0 atom stereocenters. The van der Waals surface area contributed by atoms with Crippen molar-refractivity contribution >= 4 is 22.9 Å². The number of aryl methyl sites for hydroxylation is 2. The van der Waals surface area contributed by atoms with E-state index in [1.165, 1.54) is 40.3 Å². The van der Waals surface area contributed by atoms with Crippen LogP contribution in [0, 0.1) is 19.7 Å². The van der Waals surface area contributed by atoms with Crippen LogP contribution in [0.5, 0.6) is 0 Å². The zero-order valence-corrected chi connectivity index (χ0v) is 18.7. The number of halogens is 1. The quantitative estimate of drug-likeness (QED) is 0.628. The predicted molar refractivity (Wildman–Crippen MR) is 123 cm³/mol. The highest BCUT2D eigenvalue weighted by atomic mass is 32.1. The first kappa shape index (κ1) is 21.5. The maximum Gasteiger partial charge on any atom is 0.271 e. The lowest BCUT2D eigenvalue weighted by atomic mass is 10.1. The molecule has 0 saturated carbocycles. The molecule has 0 aliphatic carbocycles. The zero-order chi connectivity index (χ0) is 21.8. The van der Waals surface area contributed by atoms with Gasteiger partial charge in [-0.05, 0) is 54.8 Å². The fraction of sp³-hybridized carbons (Fsp3) is 0.333. The Labute approximate surface area is 186 Å². The van der Waals surface area contributed by atoms with E-state index in [1.54, 1.807) is 17.5 Å². The third-order valence-electron chi connectivity index (χ3n) is 5.74. The second kappa shape index (κ2) is 9.58. The number of carbonyl (C=O) groups excluding carboxylic acids is 1. The van der Waals surface area contributed by atoms with Crippen molar-refractivity contribution in [3.05, 3.63) is 81.1 Å². The molecule has 1 aromatic heterocycles. The second-order valence-corrected chi connectivity index (χ2v) is 8.91. The molecule has 0 radical (unpaired) electrons. The molecule has 1 amide bonds. The molecular weight excluding hydrogens is 411 g/mol. The van der Waals surface area contributed by atoms with Crippen LogP contribution in [0.15, 0.2) is 47.8 Å². The van der Waals surface area contributed by atoms with Crippen LogP contribution in [-0.4, -0.2) is 42.0 Å². The Morgan fingerprint density at radius 2 is 1.81 bits per heavy atom. The number of hydrogen-bond acceptors (Lipinski definition) is 5. The minimum absolute atomic E-state index is 0.202. The lowest BCUT2D eigenvalue weighted by Gasteiger charge is -2.36. The highest BCUT2D eigenvalue weighted by Crippen LogP contribution is 2.21. The summed E-state index contributed by atoms with van der Waals surface area (Å²) in [5, 5.41) is 5.60. The van der Waals surface area contributed by atoms with Crippen LogP contribution in [0.1, 0.15) is 32.2 Å². The molecule has 162 valence electrons. The molecule has 1 aliphatic rings. The summed E-state index contributed by atoms with van der Waals surface area (Å²) in [6, 6.07) is 12.8. The van der Waals surface area contributed by atoms with E-state index >= 15 is 0 Å². The number of benzene rings is 2. The van der Waals surface area contributed by atoms with Gasteiger partial charge in [0.05, 0.1) is 6.54 Å². The van der Waals surface area contributed by atoms with Crippen LogP contribution in [-0.2, 0) is 13.1 Å². The summed E-state index contributed by atoms with van der Waals surface area (Å²) in [6.45, 7) is 9.32. The van der Waals surface area contributed by atoms with Crippen LogP contribution >= 0.6 is 11.3 Å². The van der Waals surface area contributed by atoms with E-state index in [0.29, 0.717) is 12.2 Å². The van der Waals surface area contributed by atoms with Crippen molar-refractivity contribution in [2.24, 2.45) is 0 Å². The number of piperazine rings is 1. The van der Waals surface area contributed by atoms with Gasteiger partial charge in [0.1, 0.15) is 16.5 Å². The molecule has 0 spiro atoms. The Kier molecular flexibility index (Phi) is 6.63. The minimum Gasteiger partial charge on any atom is -0.369 e. The smallest absolute Gasteiger partial charge is 0.271 e. The first-order valence-corrected chi connectivity index (χ1v) is 11.4. The number of aromatic nitrogens is 1. The topological polar surface area (TPSA) is 48.5 Å². The zero-order valence-electron chi connectivity index (χ0n) is 17.9. The average Bonchev–Trinajstić information content (AvgIpc) is 3.24. The van der Waals surface area contributed by atoms with Gasteiger partial charge in [-0.1, -0.05) is 18.2 Å². The molecule has 1 N–H and O–H groups in total. The third-order valence-corrected chi connectivity index (χ3v) is 6.57. The molecule has 3 aromatic rings. The van der Waals surface area contributed by atoms with Gasteiger partial charge in [0, 0.05) is 43.8 Å². The Balaban J connectivity index is 1.26. The van der Waals surface area contributed by atoms with Gasteiger partial charge in [-0.15, -0.1) is 11.3 Å². The maximum atomic E-state index is 13.0. The Hall–Kier alpha value is -2.77. The Morgan fingerprint density at radius 3 is 2.52 bits per heavy atom. The summed E-state index contributed by atoms with van der Waals surface area (Å²) in [5.41, 5.74) is 5.23.